The van der Waals surface area contributed by atoms with E-state index in [2.05, 4.69) is 14.9 Å². The molecule has 1 amide bonds. The van der Waals surface area contributed by atoms with Gasteiger partial charge in [0, 0.05) is 24.2 Å². The number of hydrogen-bond acceptors (Lipinski definition) is 5. The van der Waals surface area contributed by atoms with E-state index in [9.17, 15) is 13.2 Å². The van der Waals surface area contributed by atoms with E-state index in [0.717, 1.165) is 16.8 Å². The summed E-state index contributed by atoms with van der Waals surface area (Å²) in [5.41, 5.74) is 2.79. The highest BCUT2D eigenvalue weighted by Crippen LogP contribution is 2.27. The van der Waals surface area contributed by atoms with Gasteiger partial charge in [-0.1, -0.05) is 6.07 Å². The van der Waals surface area contributed by atoms with E-state index in [0.29, 0.717) is 18.5 Å². The van der Waals surface area contributed by atoms with E-state index < -0.39 is 21.7 Å². The summed E-state index contributed by atoms with van der Waals surface area (Å²) in [6, 6.07) is 4.97. The third-order valence-corrected chi connectivity index (χ3v) is 5.94. The lowest BCUT2D eigenvalue weighted by Gasteiger charge is -2.30. The third kappa shape index (κ3) is 4.30. The molecular formula is C19H26N4O4S. The number of aryl methyl sites for hydroxylation is 2. The van der Waals surface area contributed by atoms with Crippen molar-refractivity contribution in [3.8, 4) is 0 Å². The van der Waals surface area contributed by atoms with E-state index in [-0.39, 0.29) is 17.3 Å². The van der Waals surface area contributed by atoms with Crippen molar-refractivity contribution in [3.63, 3.8) is 0 Å². The largest absolute Gasteiger partial charge is 0.444 e. The lowest BCUT2D eigenvalue weighted by molar-refractivity contribution is 0.0224. The molecule has 0 bridgehead atoms. The number of carbonyl (C=O) groups excluding carboxylic acids is 1. The number of sulfonamides is 1. The fraction of sp³-hybridized carbons (Fsp3) is 0.474. The summed E-state index contributed by atoms with van der Waals surface area (Å²) in [5.74, 6) is 0.210. The number of anilines is 1. The zero-order valence-corrected chi connectivity index (χ0v) is 17.6. The van der Waals surface area contributed by atoms with Gasteiger partial charge in [0.05, 0.1) is 11.4 Å². The summed E-state index contributed by atoms with van der Waals surface area (Å²) < 4.78 is 33.5. The molecule has 152 valence electrons. The minimum absolute atomic E-state index is 0.173. The molecule has 0 atom stereocenters. The average Bonchev–Trinajstić information content (AvgIpc) is 2.97. The van der Waals surface area contributed by atoms with Gasteiger partial charge < -0.3 is 9.64 Å². The van der Waals surface area contributed by atoms with Crippen LogP contribution in [0.15, 0.2) is 23.1 Å². The minimum atomic E-state index is -3.79. The minimum Gasteiger partial charge on any atom is -0.444 e. The van der Waals surface area contributed by atoms with Crippen molar-refractivity contribution >= 4 is 21.9 Å². The van der Waals surface area contributed by atoms with Crippen molar-refractivity contribution < 1.29 is 17.9 Å². The highest BCUT2D eigenvalue weighted by atomic mass is 32.2. The Labute approximate surface area is 165 Å². The average molecular weight is 407 g/mol. The van der Waals surface area contributed by atoms with Crippen molar-refractivity contribution in [2.45, 2.75) is 58.1 Å². The van der Waals surface area contributed by atoms with Crippen LogP contribution < -0.4 is 4.72 Å². The molecule has 0 saturated heterocycles. The molecule has 2 heterocycles. The first-order valence-electron chi connectivity index (χ1n) is 9.10. The summed E-state index contributed by atoms with van der Waals surface area (Å²) in [6.07, 6.45) is 0.120. The van der Waals surface area contributed by atoms with Crippen LogP contribution in [-0.2, 0) is 27.7 Å². The summed E-state index contributed by atoms with van der Waals surface area (Å²) in [5, 5.41) is 7.00. The Morgan fingerprint density at radius 1 is 1.25 bits per heavy atom. The normalized spacial score (nSPS) is 14.5. The van der Waals surface area contributed by atoms with Gasteiger partial charge in [-0.25, -0.2) is 13.2 Å². The van der Waals surface area contributed by atoms with Gasteiger partial charge in [0.25, 0.3) is 10.0 Å². The van der Waals surface area contributed by atoms with Crippen LogP contribution in [0.3, 0.4) is 0 Å². The van der Waals surface area contributed by atoms with Crippen LogP contribution in [0.4, 0.5) is 10.6 Å². The van der Waals surface area contributed by atoms with E-state index in [1.807, 2.05) is 13.8 Å². The Hall–Kier alpha value is -2.55. The van der Waals surface area contributed by atoms with Gasteiger partial charge in [-0.2, -0.15) is 5.10 Å². The first-order chi connectivity index (χ1) is 13.0. The fourth-order valence-electron chi connectivity index (χ4n) is 2.93. The number of hydrogen-bond donors (Lipinski definition) is 2. The number of H-pyrrole nitrogens is 1. The number of carbonyl (C=O) groups is 1. The molecule has 1 aliphatic heterocycles. The van der Waals surface area contributed by atoms with Gasteiger partial charge in [-0.15, -0.1) is 0 Å². The summed E-state index contributed by atoms with van der Waals surface area (Å²) in [6.45, 7) is 9.92. The Bertz CT molecular complexity index is 1010. The van der Waals surface area contributed by atoms with Crippen LogP contribution in [0.2, 0.25) is 0 Å². The maximum Gasteiger partial charge on any atom is 0.410 e. The highest BCUT2D eigenvalue weighted by molar-refractivity contribution is 7.92. The third-order valence-electron chi connectivity index (χ3n) is 4.60. The number of amides is 1. The molecule has 1 aromatic heterocycles. The quantitative estimate of drug-likeness (QED) is 0.815. The second-order valence-corrected chi connectivity index (χ2v) is 9.72. The fourth-order valence-corrected chi connectivity index (χ4v) is 4.05. The van der Waals surface area contributed by atoms with Gasteiger partial charge in [0.15, 0.2) is 5.82 Å². The second-order valence-electron chi connectivity index (χ2n) is 8.03. The highest BCUT2D eigenvalue weighted by Gasteiger charge is 2.30. The van der Waals surface area contributed by atoms with Crippen molar-refractivity contribution in [1.29, 1.82) is 0 Å². The Kier molecular flexibility index (Phi) is 5.14. The second kappa shape index (κ2) is 7.12. The molecule has 0 radical (unpaired) electrons. The molecule has 0 spiro atoms. The zero-order valence-electron chi connectivity index (χ0n) is 16.8. The molecule has 1 aromatic carbocycles. The zero-order chi connectivity index (χ0) is 20.7. The predicted octanol–water partition coefficient (Wildman–Crippen LogP) is 3.12. The summed E-state index contributed by atoms with van der Waals surface area (Å²) in [4.78, 5) is 14.1. The lowest BCUT2D eigenvalue weighted by Crippen LogP contribution is -2.40. The van der Waals surface area contributed by atoms with Crippen LogP contribution in [-0.4, -0.2) is 41.8 Å². The molecule has 1 aliphatic rings. The van der Waals surface area contributed by atoms with E-state index in [4.69, 9.17) is 4.74 Å². The Balaban J connectivity index is 1.82. The molecule has 2 N–H and O–H groups in total. The molecule has 9 heteroatoms. The summed E-state index contributed by atoms with van der Waals surface area (Å²) in [7, 11) is -3.79. The maximum atomic E-state index is 12.8. The molecule has 0 aliphatic carbocycles. The van der Waals surface area contributed by atoms with Crippen molar-refractivity contribution in [2.75, 3.05) is 11.3 Å². The molecular weight excluding hydrogens is 380 g/mol. The molecule has 28 heavy (non-hydrogen) atoms. The van der Waals surface area contributed by atoms with E-state index >= 15 is 0 Å². The van der Waals surface area contributed by atoms with Gasteiger partial charge in [-0.3, -0.25) is 9.82 Å². The van der Waals surface area contributed by atoms with Crippen LogP contribution in [0.25, 0.3) is 0 Å². The van der Waals surface area contributed by atoms with Crippen LogP contribution in [0, 0.1) is 13.8 Å². The number of nitrogens with zero attached hydrogens (tertiary/aromatic N) is 2. The number of aromatic amines is 1. The number of rotatable bonds is 3. The van der Waals surface area contributed by atoms with E-state index in [1.165, 1.54) is 0 Å². The number of aromatic nitrogens is 2. The number of nitrogens with one attached hydrogen (secondary N) is 2. The molecule has 0 saturated carbocycles. The van der Waals surface area contributed by atoms with Crippen molar-refractivity contribution in [2.24, 2.45) is 0 Å². The molecule has 2 aromatic rings. The Morgan fingerprint density at radius 2 is 1.96 bits per heavy atom. The number of fused-ring (bicyclic) bond motifs is 1. The van der Waals surface area contributed by atoms with Crippen LogP contribution in [0.1, 0.15) is 43.2 Å². The van der Waals surface area contributed by atoms with Crippen molar-refractivity contribution in [3.05, 3.63) is 40.6 Å². The van der Waals surface area contributed by atoms with Crippen LogP contribution >= 0.6 is 0 Å². The van der Waals surface area contributed by atoms with E-state index in [1.54, 1.807) is 43.9 Å². The first-order valence-corrected chi connectivity index (χ1v) is 10.6. The van der Waals surface area contributed by atoms with Gasteiger partial charge in [0.1, 0.15) is 5.60 Å². The van der Waals surface area contributed by atoms with Crippen molar-refractivity contribution in [1.82, 2.24) is 15.1 Å². The topological polar surface area (TPSA) is 104 Å². The molecule has 8 nitrogen and oxygen atoms in total. The molecule has 0 unspecified atom stereocenters. The predicted molar refractivity (Wildman–Crippen MR) is 106 cm³/mol. The number of benzene rings is 1. The van der Waals surface area contributed by atoms with Gasteiger partial charge in [0.2, 0.25) is 0 Å². The van der Waals surface area contributed by atoms with Gasteiger partial charge >= 0.3 is 6.09 Å². The smallest absolute Gasteiger partial charge is 0.410 e. The molecule has 0 fully saturated rings. The SMILES string of the molecule is Cc1ccc(S(=O)(=O)Nc2n[nH]c3c2CN(C(=O)OC(C)(C)C)CC3)cc1C. The number of ether oxygens (including phenoxy) is 1. The lowest BCUT2D eigenvalue weighted by atomic mass is 10.1. The first kappa shape index (κ1) is 20.2. The monoisotopic (exact) mass is 406 g/mol. The molecule has 3 rings (SSSR count). The standard InChI is InChI=1S/C19H26N4O4S/c1-12-6-7-14(10-13(12)2)28(25,26)22-17-15-11-23(9-8-16(15)20-21-17)18(24)27-19(3,4)5/h6-7,10H,8-9,11H2,1-5H3,(H2,20,21,22). The Morgan fingerprint density at radius 3 is 2.61 bits per heavy atom. The summed E-state index contributed by atoms with van der Waals surface area (Å²) >= 11 is 0. The van der Waals surface area contributed by atoms with Crippen LogP contribution in [0.5, 0.6) is 0 Å². The van der Waals surface area contributed by atoms with Gasteiger partial charge in [-0.05, 0) is 57.9 Å². The maximum absolute atomic E-state index is 12.8.